The molecule has 2 fully saturated rings. The summed E-state index contributed by atoms with van der Waals surface area (Å²) in [4.78, 5) is 19.1. The first kappa shape index (κ1) is 16.1. The minimum Gasteiger partial charge on any atom is -0.334 e. The van der Waals surface area contributed by atoms with Crippen LogP contribution in [0.5, 0.6) is 0 Å². The predicted octanol–water partition coefficient (Wildman–Crippen LogP) is 3.95. The van der Waals surface area contributed by atoms with E-state index < -0.39 is 0 Å². The quantitative estimate of drug-likeness (QED) is 0.923. The number of amides is 2. The third-order valence-corrected chi connectivity index (χ3v) is 5.75. The van der Waals surface area contributed by atoms with Gasteiger partial charge in [-0.05, 0) is 36.0 Å². The highest BCUT2D eigenvalue weighted by Crippen LogP contribution is 2.44. The fourth-order valence-corrected chi connectivity index (χ4v) is 4.55. The minimum absolute atomic E-state index is 0.0687. The van der Waals surface area contributed by atoms with Gasteiger partial charge in [0.05, 0.1) is 0 Å². The lowest BCUT2D eigenvalue weighted by molar-refractivity contribution is 0.169. The van der Waals surface area contributed by atoms with Crippen molar-refractivity contribution in [2.45, 2.75) is 44.2 Å². The number of nitrogens with one attached hydrogen (secondary N) is 1. The fourth-order valence-electron chi connectivity index (χ4n) is 4.55. The average Bonchev–Trinajstić information content (AvgIpc) is 3.07. The number of hydrogen-bond donors (Lipinski definition) is 1. The first-order valence-electron chi connectivity index (χ1n) is 9.31. The highest BCUT2D eigenvalue weighted by molar-refractivity contribution is 5.75. The summed E-state index contributed by atoms with van der Waals surface area (Å²) < 4.78 is 0. The summed E-state index contributed by atoms with van der Waals surface area (Å²) in [5, 5.41) is 3.09. The minimum atomic E-state index is 0.0687. The van der Waals surface area contributed by atoms with Crippen LogP contribution >= 0.6 is 0 Å². The number of fused-ring (bicyclic) bond motifs is 1. The van der Waals surface area contributed by atoms with E-state index in [1.54, 1.807) is 12.4 Å². The zero-order chi connectivity index (χ0) is 17.1. The van der Waals surface area contributed by atoms with Crippen LogP contribution in [0.15, 0.2) is 54.9 Å². The molecule has 2 heterocycles. The Morgan fingerprint density at radius 1 is 1.12 bits per heavy atom. The fraction of sp³-hybridized carbons (Fsp3) is 0.429. The molecule has 1 saturated carbocycles. The summed E-state index contributed by atoms with van der Waals surface area (Å²) in [6.45, 7) is 1.37. The van der Waals surface area contributed by atoms with Gasteiger partial charge in [0.2, 0.25) is 0 Å². The summed E-state index contributed by atoms with van der Waals surface area (Å²) in [7, 11) is 0. The second-order valence-electron chi connectivity index (χ2n) is 7.21. The van der Waals surface area contributed by atoms with Gasteiger partial charge in [-0.2, -0.15) is 0 Å². The van der Waals surface area contributed by atoms with Gasteiger partial charge in [-0.3, -0.25) is 4.98 Å². The first-order chi connectivity index (χ1) is 12.3. The van der Waals surface area contributed by atoms with Crippen molar-refractivity contribution in [3.63, 3.8) is 0 Å². The van der Waals surface area contributed by atoms with Gasteiger partial charge in [0.15, 0.2) is 0 Å². The SMILES string of the molecule is O=C(NCc1cccnc1)N1CC(c2ccccc2)C2CCCCC21. The predicted molar refractivity (Wildman–Crippen MR) is 98.1 cm³/mol. The normalized spacial score (nSPS) is 25.4. The summed E-state index contributed by atoms with van der Waals surface area (Å²) in [5.74, 6) is 1.07. The van der Waals surface area contributed by atoms with Gasteiger partial charge in [0.1, 0.15) is 0 Å². The molecule has 4 nitrogen and oxygen atoms in total. The molecule has 25 heavy (non-hydrogen) atoms. The molecule has 0 bridgehead atoms. The van der Waals surface area contributed by atoms with E-state index in [0.29, 0.717) is 24.4 Å². The Morgan fingerprint density at radius 3 is 2.76 bits per heavy atom. The zero-order valence-corrected chi connectivity index (χ0v) is 14.5. The maximum atomic E-state index is 12.8. The molecule has 130 valence electrons. The van der Waals surface area contributed by atoms with Gasteiger partial charge in [-0.25, -0.2) is 4.79 Å². The third-order valence-electron chi connectivity index (χ3n) is 5.75. The number of urea groups is 1. The molecule has 3 atom stereocenters. The van der Waals surface area contributed by atoms with Crippen molar-refractivity contribution >= 4 is 6.03 Å². The largest absolute Gasteiger partial charge is 0.334 e. The monoisotopic (exact) mass is 335 g/mol. The molecule has 1 N–H and O–H groups in total. The van der Waals surface area contributed by atoms with Crippen LogP contribution < -0.4 is 5.32 Å². The number of carbonyl (C=O) groups is 1. The lowest BCUT2D eigenvalue weighted by Crippen LogP contribution is -2.44. The Morgan fingerprint density at radius 2 is 1.96 bits per heavy atom. The number of likely N-dealkylation sites (tertiary alicyclic amines) is 1. The number of rotatable bonds is 3. The standard InChI is InChI=1S/C21H25N3O/c25-21(23-14-16-7-6-12-22-13-16)24-15-19(17-8-2-1-3-9-17)18-10-4-5-11-20(18)24/h1-3,6-9,12-13,18-20H,4-5,10-11,14-15H2,(H,23,25). The number of aromatic nitrogens is 1. The van der Waals surface area contributed by atoms with E-state index >= 15 is 0 Å². The summed E-state index contributed by atoms with van der Waals surface area (Å²) in [6.07, 6.45) is 8.44. The lowest BCUT2D eigenvalue weighted by atomic mass is 9.77. The molecule has 4 rings (SSSR count). The van der Waals surface area contributed by atoms with Crippen LogP contribution in [0, 0.1) is 5.92 Å². The van der Waals surface area contributed by atoms with Crippen LogP contribution in [0.1, 0.15) is 42.7 Å². The molecule has 2 amide bonds. The van der Waals surface area contributed by atoms with Gasteiger partial charge in [-0.1, -0.05) is 49.2 Å². The Balaban J connectivity index is 1.48. The molecule has 1 aromatic carbocycles. The summed E-state index contributed by atoms with van der Waals surface area (Å²) in [5.41, 5.74) is 2.41. The Bertz CT molecular complexity index is 704. The van der Waals surface area contributed by atoms with Gasteiger partial charge in [-0.15, -0.1) is 0 Å². The van der Waals surface area contributed by atoms with E-state index in [2.05, 4.69) is 45.5 Å². The maximum Gasteiger partial charge on any atom is 0.317 e. The van der Waals surface area contributed by atoms with E-state index in [1.807, 2.05) is 12.1 Å². The molecular formula is C21H25N3O. The molecule has 4 heteroatoms. The van der Waals surface area contributed by atoms with E-state index in [9.17, 15) is 4.79 Å². The molecule has 0 spiro atoms. The Kier molecular flexibility index (Phi) is 4.68. The number of nitrogens with zero attached hydrogens (tertiary/aromatic N) is 2. The molecule has 1 aliphatic heterocycles. The molecular weight excluding hydrogens is 310 g/mol. The van der Waals surface area contributed by atoms with Gasteiger partial charge < -0.3 is 10.2 Å². The summed E-state index contributed by atoms with van der Waals surface area (Å²) >= 11 is 0. The van der Waals surface area contributed by atoms with Crippen LogP contribution in [0.4, 0.5) is 4.79 Å². The van der Waals surface area contributed by atoms with E-state index in [-0.39, 0.29) is 6.03 Å². The molecule has 0 radical (unpaired) electrons. The number of pyridine rings is 1. The topological polar surface area (TPSA) is 45.2 Å². The molecule has 2 aromatic rings. The van der Waals surface area contributed by atoms with Crippen molar-refractivity contribution in [2.24, 2.45) is 5.92 Å². The second-order valence-corrected chi connectivity index (χ2v) is 7.21. The van der Waals surface area contributed by atoms with Crippen molar-refractivity contribution in [3.05, 3.63) is 66.0 Å². The lowest BCUT2D eigenvalue weighted by Gasteiger charge is -2.32. The average molecular weight is 335 g/mol. The summed E-state index contributed by atoms with van der Waals surface area (Å²) in [6, 6.07) is 15.1. The molecule has 1 aliphatic carbocycles. The van der Waals surface area contributed by atoms with Crippen LogP contribution in [0.25, 0.3) is 0 Å². The van der Waals surface area contributed by atoms with Crippen LogP contribution in [-0.2, 0) is 6.54 Å². The maximum absolute atomic E-state index is 12.8. The Hall–Kier alpha value is -2.36. The van der Waals surface area contributed by atoms with Crippen molar-refractivity contribution < 1.29 is 4.79 Å². The molecule has 1 saturated heterocycles. The number of hydrogen-bond acceptors (Lipinski definition) is 2. The molecule has 2 aliphatic rings. The van der Waals surface area contributed by atoms with Gasteiger partial charge in [0.25, 0.3) is 0 Å². The smallest absolute Gasteiger partial charge is 0.317 e. The van der Waals surface area contributed by atoms with E-state index in [4.69, 9.17) is 0 Å². The highest BCUT2D eigenvalue weighted by Gasteiger charge is 2.45. The van der Waals surface area contributed by atoms with Crippen LogP contribution in [0.3, 0.4) is 0 Å². The van der Waals surface area contributed by atoms with E-state index in [0.717, 1.165) is 18.5 Å². The van der Waals surface area contributed by atoms with E-state index in [1.165, 1.54) is 24.8 Å². The first-order valence-corrected chi connectivity index (χ1v) is 9.31. The van der Waals surface area contributed by atoms with Crippen molar-refractivity contribution in [2.75, 3.05) is 6.54 Å². The molecule has 3 unspecified atom stereocenters. The van der Waals surface area contributed by atoms with Crippen LogP contribution in [0.2, 0.25) is 0 Å². The van der Waals surface area contributed by atoms with Gasteiger partial charge in [0, 0.05) is 37.4 Å². The second kappa shape index (κ2) is 7.26. The molecule has 1 aromatic heterocycles. The zero-order valence-electron chi connectivity index (χ0n) is 14.5. The highest BCUT2D eigenvalue weighted by atomic mass is 16.2. The van der Waals surface area contributed by atoms with Crippen molar-refractivity contribution in [1.29, 1.82) is 0 Å². The van der Waals surface area contributed by atoms with Crippen molar-refractivity contribution in [1.82, 2.24) is 15.2 Å². The van der Waals surface area contributed by atoms with Crippen molar-refractivity contribution in [3.8, 4) is 0 Å². The number of benzene rings is 1. The van der Waals surface area contributed by atoms with Crippen LogP contribution in [-0.4, -0.2) is 28.5 Å². The van der Waals surface area contributed by atoms with Gasteiger partial charge >= 0.3 is 6.03 Å². The third kappa shape index (κ3) is 3.39. The number of carbonyl (C=O) groups excluding carboxylic acids is 1. The Labute approximate surface area is 149 Å².